The highest BCUT2D eigenvalue weighted by Crippen LogP contribution is 2.21. The molecule has 64 valence electrons. The molecule has 1 rings (SSSR count). The Kier molecular flexibility index (Phi) is 2.81. The van der Waals surface area contributed by atoms with Crippen molar-refractivity contribution in [3.8, 4) is 0 Å². The van der Waals surface area contributed by atoms with Crippen LogP contribution in [0.2, 0.25) is 0 Å². The topological polar surface area (TPSA) is 35.9 Å². The average molecular weight is 231 g/mol. The summed E-state index contributed by atoms with van der Waals surface area (Å²) < 4.78 is 13.4. The summed E-state index contributed by atoms with van der Waals surface area (Å²) in [4.78, 5) is 0. The van der Waals surface area contributed by atoms with Crippen molar-refractivity contribution in [1.82, 2.24) is 0 Å². The largest absolute Gasteiger partial charge is 0.387 e. The number of hydrogen-bond donors (Lipinski definition) is 2. The maximum absolute atomic E-state index is 12.5. The van der Waals surface area contributed by atoms with Crippen molar-refractivity contribution in [2.75, 3.05) is 12.4 Å². The van der Waals surface area contributed by atoms with E-state index in [2.05, 4.69) is 21.2 Å². The number of benzene rings is 1. The molecule has 0 bridgehead atoms. The van der Waals surface area contributed by atoms with Gasteiger partial charge in [0, 0.05) is 17.2 Å². The predicted octanol–water partition coefficient (Wildman–Crippen LogP) is 2.79. The lowest BCUT2D eigenvalue weighted by atomic mass is 10.2. The first-order valence-corrected chi connectivity index (χ1v) is 4.16. The smallest absolute Gasteiger partial charge is 0.214 e. The van der Waals surface area contributed by atoms with Gasteiger partial charge in [-0.15, -0.1) is 0 Å². The van der Waals surface area contributed by atoms with E-state index in [1.807, 2.05) is 0 Å². The molecule has 0 saturated carbocycles. The second kappa shape index (κ2) is 3.67. The van der Waals surface area contributed by atoms with E-state index in [0.29, 0.717) is 5.69 Å². The Morgan fingerprint density at radius 2 is 2.25 bits per heavy atom. The number of anilines is 1. The zero-order chi connectivity index (χ0) is 9.14. The van der Waals surface area contributed by atoms with E-state index in [9.17, 15) is 4.39 Å². The van der Waals surface area contributed by atoms with Crippen LogP contribution in [0.1, 0.15) is 5.56 Å². The predicted molar refractivity (Wildman–Crippen MR) is 51.6 cm³/mol. The zero-order valence-corrected chi connectivity index (χ0v) is 8.07. The van der Waals surface area contributed by atoms with E-state index in [1.54, 1.807) is 25.2 Å². The number of hydrogen-bond acceptors (Lipinski definition) is 2. The fourth-order valence-corrected chi connectivity index (χ4v) is 1.28. The van der Waals surface area contributed by atoms with Gasteiger partial charge in [-0.05, 0) is 18.2 Å². The van der Waals surface area contributed by atoms with Gasteiger partial charge in [0.1, 0.15) is 0 Å². The molecule has 4 heteroatoms. The summed E-state index contributed by atoms with van der Waals surface area (Å²) in [5.74, 6) is -0.924. The van der Waals surface area contributed by atoms with Gasteiger partial charge in [0.05, 0.1) is 5.56 Å². The van der Waals surface area contributed by atoms with Crippen LogP contribution in [-0.2, 0) is 0 Å². The molecule has 0 aliphatic rings. The Morgan fingerprint density at radius 1 is 1.58 bits per heavy atom. The van der Waals surface area contributed by atoms with Crippen LogP contribution in [0.25, 0.3) is 0 Å². The monoisotopic (exact) mass is 230 g/mol. The van der Waals surface area contributed by atoms with E-state index >= 15 is 0 Å². The Morgan fingerprint density at radius 3 is 2.75 bits per heavy atom. The van der Waals surface area contributed by atoms with Crippen LogP contribution in [0.15, 0.2) is 22.7 Å². The summed E-state index contributed by atoms with van der Waals surface area (Å²) in [6, 6.07) is 4.98. The summed E-state index contributed by atoms with van der Waals surface area (Å²) >= 11 is 3.25. The van der Waals surface area contributed by atoms with Crippen molar-refractivity contribution in [3.63, 3.8) is 0 Å². The quantitative estimate of drug-likeness (QED) is 0.754. The third-order valence-electron chi connectivity index (χ3n) is 1.49. The van der Waals surface area contributed by atoms with E-state index in [0.717, 1.165) is 4.47 Å². The van der Waals surface area contributed by atoms with Crippen LogP contribution in [0.3, 0.4) is 0 Å². The third kappa shape index (κ3) is 1.82. The van der Waals surface area contributed by atoms with Crippen LogP contribution >= 0.6 is 15.9 Å². The molecule has 1 aromatic carbocycles. The second-order valence-electron chi connectivity index (χ2n) is 2.25. The third-order valence-corrected chi connectivity index (χ3v) is 1.98. The van der Waals surface area contributed by atoms with Gasteiger partial charge in [0.15, 0.2) is 0 Å². The number of nitrogens with one attached hydrogen (secondary N) is 2. The normalized spacial score (nSPS) is 9.58. The molecule has 0 amide bonds. The molecule has 12 heavy (non-hydrogen) atoms. The fourth-order valence-electron chi connectivity index (χ4n) is 0.915. The Bertz CT molecular complexity index is 312. The zero-order valence-electron chi connectivity index (χ0n) is 6.49. The maximum Gasteiger partial charge on any atom is 0.214 e. The van der Waals surface area contributed by atoms with Crippen molar-refractivity contribution >= 4 is 27.6 Å². The van der Waals surface area contributed by atoms with Gasteiger partial charge in [-0.3, -0.25) is 5.41 Å². The van der Waals surface area contributed by atoms with Gasteiger partial charge in [0.25, 0.3) is 0 Å². The first kappa shape index (κ1) is 9.19. The van der Waals surface area contributed by atoms with Crippen molar-refractivity contribution in [2.24, 2.45) is 0 Å². The second-order valence-corrected chi connectivity index (χ2v) is 3.17. The minimum Gasteiger partial charge on any atom is -0.387 e. The lowest BCUT2D eigenvalue weighted by molar-refractivity contribution is 0.798. The highest BCUT2D eigenvalue weighted by atomic mass is 79.9. The van der Waals surface area contributed by atoms with Gasteiger partial charge in [-0.2, -0.15) is 4.39 Å². The van der Waals surface area contributed by atoms with E-state index in [4.69, 9.17) is 5.41 Å². The first-order valence-electron chi connectivity index (χ1n) is 3.37. The highest BCUT2D eigenvalue weighted by Gasteiger charge is 2.05. The first-order chi connectivity index (χ1) is 5.65. The van der Waals surface area contributed by atoms with Crippen LogP contribution in [0.4, 0.5) is 10.1 Å². The minimum atomic E-state index is -0.924. The Labute approximate surface area is 78.4 Å². The molecule has 0 fully saturated rings. The maximum atomic E-state index is 12.5. The molecule has 0 aliphatic heterocycles. The molecular formula is C8H8BrFN2. The summed E-state index contributed by atoms with van der Waals surface area (Å²) in [6.07, 6.45) is 0. The summed E-state index contributed by atoms with van der Waals surface area (Å²) in [6.45, 7) is 0. The highest BCUT2D eigenvalue weighted by molar-refractivity contribution is 9.10. The Balaban J connectivity index is 3.20. The lowest BCUT2D eigenvalue weighted by Gasteiger charge is -2.05. The van der Waals surface area contributed by atoms with Gasteiger partial charge in [0.2, 0.25) is 5.97 Å². The molecule has 0 unspecified atom stereocenters. The molecular weight excluding hydrogens is 223 g/mol. The number of rotatable bonds is 2. The fraction of sp³-hybridized carbons (Fsp3) is 0.125. The molecule has 2 nitrogen and oxygen atoms in total. The van der Waals surface area contributed by atoms with Crippen molar-refractivity contribution in [2.45, 2.75) is 0 Å². The average Bonchev–Trinajstić information content (AvgIpc) is 2.03. The Hall–Kier alpha value is -0.900. The SMILES string of the molecule is CNc1cc(Br)ccc1C(=N)F. The van der Waals surface area contributed by atoms with Gasteiger partial charge >= 0.3 is 0 Å². The minimum absolute atomic E-state index is 0.278. The van der Waals surface area contributed by atoms with E-state index in [-0.39, 0.29) is 5.56 Å². The van der Waals surface area contributed by atoms with E-state index in [1.165, 1.54) is 0 Å². The molecule has 2 N–H and O–H groups in total. The molecule has 0 spiro atoms. The van der Waals surface area contributed by atoms with Gasteiger partial charge in [-0.25, -0.2) is 0 Å². The van der Waals surface area contributed by atoms with Crippen LogP contribution < -0.4 is 5.32 Å². The van der Waals surface area contributed by atoms with Crippen LogP contribution in [0.5, 0.6) is 0 Å². The molecule has 0 saturated heterocycles. The molecule has 0 aliphatic carbocycles. The van der Waals surface area contributed by atoms with Crippen molar-refractivity contribution < 1.29 is 4.39 Å². The van der Waals surface area contributed by atoms with Crippen molar-refractivity contribution in [3.05, 3.63) is 28.2 Å². The molecule has 0 atom stereocenters. The van der Waals surface area contributed by atoms with E-state index < -0.39 is 5.97 Å². The molecule has 0 heterocycles. The molecule has 0 aromatic heterocycles. The lowest BCUT2D eigenvalue weighted by Crippen LogP contribution is -1.98. The summed E-state index contributed by atoms with van der Waals surface area (Å²) in [7, 11) is 1.69. The summed E-state index contributed by atoms with van der Waals surface area (Å²) in [5, 5.41) is 9.63. The molecule has 0 radical (unpaired) electrons. The van der Waals surface area contributed by atoms with Gasteiger partial charge < -0.3 is 5.32 Å². The van der Waals surface area contributed by atoms with Crippen molar-refractivity contribution in [1.29, 1.82) is 5.41 Å². The van der Waals surface area contributed by atoms with Crippen LogP contribution in [-0.4, -0.2) is 13.0 Å². The number of halogens is 2. The molecule has 1 aromatic rings. The van der Waals surface area contributed by atoms with Gasteiger partial charge in [-0.1, -0.05) is 15.9 Å². The standard InChI is InChI=1S/C8H8BrFN2/c1-12-7-4-5(9)2-3-6(7)8(10)11/h2-4,11-12H,1H3. The summed E-state index contributed by atoms with van der Waals surface area (Å²) in [5.41, 5.74) is 0.887. The van der Waals surface area contributed by atoms with Crippen LogP contribution in [0, 0.1) is 5.41 Å².